The van der Waals surface area contributed by atoms with Crippen molar-refractivity contribution >= 4 is 5.96 Å². The Hall–Kier alpha value is -0.850. The summed E-state index contributed by atoms with van der Waals surface area (Å²) in [5.41, 5.74) is 0.250. The van der Waals surface area contributed by atoms with E-state index in [9.17, 15) is 0 Å². The van der Waals surface area contributed by atoms with Crippen molar-refractivity contribution in [2.75, 3.05) is 59.2 Å². The monoisotopic (exact) mass is 396 g/mol. The van der Waals surface area contributed by atoms with Crippen molar-refractivity contribution in [2.45, 2.75) is 65.8 Å². The highest BCUT2D eigenvalue weighted by atomic mass is 16.5. The summed E-state index contributed by atoms with van der Waals surface area (Å²) in [5.74, 6) is 1.54. The minimum Gasteiger partial charge on any atom is -0.381 e. The molecule has 6 nitrogen and oxygen atoms in total. The van der Waals surface area contributed by atoms with Crippen LogP contribution in [0.5, 0.6) is 0 Å². The molecule has 2 fully saturated rings. The third-order valence-electron chi connectivity index (χ3n) is 5.97. The van der Waals surface area contributed by atoms with Gasteiger partial charge in [0.25, 0.3) is 0 Å². The standard InChI is InChI=1S/C22H44N4O2/c1-5-7-8-10-22(3,4)18-25-21(23-6-2)24-16-20(19-9-13-28-17-19)26-11-14-27-15-12-26/h19-20H,5-18H2,1-4H3,(H2,23,24,25). The van der Waals surface area contributed by atoms with Crippen LogP contribution in [-0.2, 0) is 9.47 Å². The van der Waals surface area contributed by atoms with Gasteiger partial charge < -0.3 is 20.1 Å². The summed E-state index contributed by atoms with van der Waals surface area (Å²) in [5, 5.41) is 7.07. The van der Waals surface area contributed by atoms with Crippen LogP contribution in [0.2, 0.25) is 0 Å². The van der Waals surface area contributed by atoms with Crippen molar-refractivity contribution in [3.63, 3.8) is 0 Å². The third kappa shape index (κ3) is 8.26. The molecule has 2 heterocycles. The topological polar surface area (TPSA) is 58.1 Å². The maximum Gasteiger partial charge on any atom is 0.191 e. The van der Waals surface area contributed by atoms with Crippen LogP contribution in [0.4, 0.5) is 0 Å². The lowest BCUT2D eigenvalue weighted by Crippen LogP contribution is -2.53. The van der Waals surface area contributed by atoms with E-state index in [1.165, 1.54) is 25.7 Å². The maximum absolute atomic E-state index is 5.69. The van der Waals surface area contributed by atoms with Gasteiger partial charge in [0.1, 0.15) is 0 Å². The van der Waals surface area contributed by atoms with E-state index in [1.54, 1.807) is 0 Å². The van der Waals surface area contributed by atoms with Gasteiger partial charge in [0.15, 0.2) is 5.96 Å². The number of hydrogen-bond donors (Lipinski definition) is 2. The van der Waals surface area contributed by atoms with Gasteiger partial charge in [-0.3, -0.25) is 9.89 Å². The van der Waals surface area contributed by atoms with Crippen LogP contribution in [0.25, 0.3) is 0 Å². The highest BCUT2D eigenvalue weighted by Crippen LogP contribution is 2.24. The van der Waals surface area contributed by atoms with Crippen LogP contribution in [0.1, 0.15) is 59.8 Å². The number of rotatable bonds is 11. The molecule has 2 aliphatic heterocycles. The molecule has 0 aromatic rings. The van der Waals surface area contributed by atoms with E-state index in [0.717, 1.165) is 71.5 Å². The summed E-state index contributed by atoms with van der Waals surface area (Å²) in [7, 11) is 0. The Labute approximate surface area is 172 Å². The highest BCUT2D eigenvalue weighted by molar-refractivity contribution is 5.79. The average molecular weight is 397 g/mol. The molecule has 6 heteroatoms. The first-order valence-electron chi connectivity index (χ1n) is 11.5. The average Bonchev–Trinajstić information content (AvgIpc) is 3.22. The number of ether oxygens (including phenoxy) is 2. The third-order valence-corrected chi connectivity index (χ3v) is 5.97. The number of unbranched alkanes of at least 4 members (excludes halogenated alkanes) is 2. The Morgan fingerprint density at radius 1 is 1.11 bits per heavy atom. The molecule has 2 N–H and O–H groups in total. The number of nitrogens with one attached hydrogen (secondary N) is 2. The van der Waals surface area contributed by atoms with Crippen LogP contribution in [0, 0.1) is 11.3 Å². The fourth-order valence-electron chi connectivity index (χ4n) is 4.13. The zero-order valence-corrected chi connectivity index (χ0v) is 18.8. The van der Waals surface area contributed by atoms with Crippen molar-refractivity contribution in [1.82, 2.24) is 15.5 Å². The summed E-state index contributed by atoms with van der Waals surface area (Å²) >= 11 is 0. The highest BCUT2D eigenvalue weighted by Gasteiger charge is 2.31. The van der Waals surface area contributed by atoms with Crippen molar-refractivity contribution < 1.29 is 9.47 Å². The van der Waals surface area contributed by atoms with Gasteiger partial charge in [0.05, 0.1) is 19.8 Å². The molecule has 164 valence electrons. The van der Waals surface area contributed by atoms with Gasteiger partial charge in [-0.1, -0.05) is 40.0 Å². The van der Waals surface area contributed by atoms with Gasteiger partial charge in [0.2, 0.25) is 0 Å². The van der Waals surface area contributed by atoms with Crippen LogP contribution in [0.15, 0.2) is 4.99 Å². The number of morpholine rings is 1. The number of hydrogen-bond acceptors (Lipinski definition) is 4. The predicted octanol–water partition coefficient (Wildman–Crippen LogP) is 2.89. The fourth-order valence-corrected chi connectivity index (χ4v) is 4.13. The number of nitrogens with zero attached hydrogens (tertiary/aromatic N) is 2. The molecule has 0 spiro atoms. The smallest absolute Gasteiger partial charge is 0.191 e. The lowest BCUT2D eigenvalue weighted by atomic mass is 9.87. The molecule has 2 unspecified atom stereocenters. The van der Waals surface area contributed by atoms with E-state index in [-0.39, 0.29) is 5.41 Å². The van der Waals surface area contributed by atoms with Crippen molar-refractivity contribution in [3.05, 3.63) is 0 Å². The molecule has 0 aliphatic carbocycles. The van der Waals surface area contributed by atoms with E-state index in [0.29, 0.717) is 12.0 Å². The van der Waals surface area contributed by atoms with E-state index in [4.69, 9.17) is 14.5 Å². The normalized spacial score (nSPS) is 23.0. The molecule has 0 saturated carbocycles. The second-order valence-electron chi connectivity index (χ2n) is 9.04. The lowest BCUT2D eigenvalue weighted by Gasteiger charge is -2.37. The molecule has 2 aliphatic rings. The molecule has 0 bridgehead atoms. The molecule has 0 amide bonds. The van der Waals surface area contributed by atoms with Crippen molar-refractivity contribution in [2.24, 2.45) is 16.3 Å². The van der Waals surface area contributed by atoms with Gasteiger partial charge in [-0.2, -0.15) is 0 Å². The van der Waals surface area contributed by atoms with Gasteiger partial charge in [-0.15, -0.1) is 0 Å². The Morgan fingerprint density at radius 3 is 2.54 bits per heavy atom. The second kappa shape index (κ2) is 12.7. The zero-order valence-electron chi connectivity index (χ0n) is 18.8. The van der Waals surface area contributed by atoms with Crippen molar-refractivity contribution in [1.29, 1.82) is 0 Å². The molecule has 2 rings (SSSR count). The first-order chi connectivity index (χ1) is 13.6. The first-order valence-corrected chi connectivity index (χ1v) is 11.5. The number of aliphatic imine (C=N–C) groups is 1. The van der Waals surface area contributed by atoms with Crippen LogP contribution in [-0.4, -0.2) is 76.1 Å². The Balaban J connectivity index is 1.92. The summed E-state index contributed by atoms with van der Waals surface area (Å²) in [6.45, 7) is 17.2. The van der Waals surface area contributed by atoms with E-state index >= 15 is 0 Å². The SMILES string of the molecule is CCCCCC(C)(C)CN=C(NCC)NCC(C1CCOC1)N1CCOCC1. The summed E-state index contributed by atoms with van der Waals surface area (Å²) in [4.78, 5) is 7.51. The Bertz CT molecular complexity index is 444. The molecule has 0 radical (unpaired) electrons. The molecule has 2 atom stereocenters. The number of guanidine groups is 1. The van der Waals surface area contributed by atoms with Crippen molar-refractivity contribution in [3.8, 4) is 0 Å². The summed E-state index contributed by atoms with van der Waals surface area (Å²) in [6, 6.07) is 0.479. The Morgan fingerprint density at radius 2 is 1.89 bits per heavy atom. The van der Waals surface area contributed by atoms with Crippen LogP contribution < -0.4 is 10.6 Å². The minimum atomic E-state index is 0.250. The van der Waals surface area contributed by atoms with Crippen LogP contribution >= 0.6 is 0 Å². The Kier molecular flexibility index (Phi) is 10.6. The first kappa shape index (κ1) is 23.4. The summed E-state index contributed by atoms with van der Waals surface area (Å²) < 4.78 is 11.3. The van der Waals surface area contributed by atoms with E-state index in [1.807, 2.05) is 0 Å². The second-order valence-corrected chi connectivity index (χ2v) is 9.04. The molecular weight excluding hydrogens is 352 g/mol. The largest absolute Gasteiger partial charge is 0.381 e. The van der Waals surface area contributed by atoms with Gasteiger partial charge >= 0.3 is 0 Å². The van der Waals surface area contributed by atoms with Crippen LogP contribution in [0.3, 0.4) is 0 Å². The quantitative estimate of drug-likeness (QED) is 0.319. The van der Waals surface area contributed by atoms with E-state index in [2.05, 4.69) is 43.2 Å². The van der Waals surface area contributed by atoms with E-state index < -0.39 is 0 Å². The molecule has 0 aromatic carbocycles. The minimum absolute atomic E-state index is 0.250. The maximum atomic E-state index is 5.69. The van der Waals surface area contributed by atoms with Gasteiger partial charge in [0, 0.05) is 51.3 Å². The summed E-state index contributed by atoms with van der Waals surface area (Å²) in [6.07, 6.45) is 6.28. The predicted molar refractivity (Wildman–Crippen MR) is 117 cm³/mol. The lowest BCUT2D eigenvalue weighted by molar-refractivity contribution is 0.00246. The molecule has 0 aromatic heterocycles. The fraction of sp³-hybridized carbons (Fsp3) is 0.955. The molecule has 2 saturated heterocycles. The van der Waals surface area contributed by atoms with Gasteiger partial charge in [-0.05, 0) is 25.2 Å². The molecular formula is C22H44N4O2. The zero-order chi connectivity index (χ0) is 20.2. The van der Waals surface area contributed by atoms with Gasteiger partial charge in [-0.25, -0.2) is 0 Å². The molecule has 28 heavy (non-hydrogen) atoms.